The number of benzene rings is 1. The second-order valence-corrected chi connectivity index (χ2v) is 4.67. The highest BCUT2D eigenvalue weighted by molar-refractivity contribution is 5.91. The number of nitrogens with zero attached hydrogens (tertiary/aromatic N) is 1. The van der Waals surface area contributed by atoms with Gasteiger partial charge in [0.05, 0.1) is 6.20 Å². The fourth-order valence-electron chi connectivity index (χ4n) is 1.84. The van der Waals surface area contributed by atoms with Crippen molar-refractivity contribution in [3.63, 3.8) is 0 Å². The average Bonchev–Trinajstić information content (AvgIpc) is 2.49. The predicted molar refractivity (Wildman–Crippen MR) is 82.7 cm³/mol. The van der Waals surface area contributed by atoms with Crippen LogP contribution < -0.4 is 15.4 Å². The zero-order valence-electron chi connectivity index (χ0n) is 12.2. The molecule has 0 saturated heterocycles. The molecule has 0 unspecified atom stereocenters. The Hall–Kier alpha value is -2.40. The summed E-state index contributed by atoms with van der Waals surface area (Å²) in [5.41, 5.74) is 1.72. The maximum atomic E-state index is 11.7. The number of carbonyl (C=O) groups excluding carboxylic acids is 1. The third kappa shape index (κ3) is 4.57. The van der Waals surface area contributed by atoms with E-state index in [0.717, 1.165) is 17.0 Å². The molecule has 0 spiro atoms. The Bertz CT molecular complexity index is 600. The van der Waals surface area contributed by atoms with Gasteiger partial charge in [-0.05, 0) is 49.9 Å². The van der Waals surface area contributed by atoms with Crippen molar-refractivity contribution in [2.24, 2.45) is 0 Å². The first-order chi connectivity index (χ1) is 10.2. The van der Waals surface area contributed by atoms with Crippen molar-refractivity contribution in [2.75, 3.05) is 18.9 Å². The molecule has 21 heavy (non-hydrogen) atoms. The van der Waals surface area contributed by atoms with Crippen molar-refractivity contribution in [3.05, 3.63) is 48.3 Å². The number of hydrogen-bond acceptors (Lipinski definition) is 4. The van der Waals surface area contributed by atoms with Crippen molar-refractivity contribution in [1.29, 1.82) is 0 Å². The largest absolute Gasteiger partial charge is 0.455 e. The maximum absolute atomic E-state index is 11.7. The number of ether oxygens (including phenoxy) is 1. The van der Waals surface area contributed by atoms with E-state index in [4.69, 9.17) is 4.74 Å². The minimum Gasteiger partial charge on any atom is -0.455 e. The number of nitrogens with one attached hydrogen (secondary N) is 2. The molecule has 0 bridgehead atoms. The zero-order valence-corrected chi connectivity index (χ0v) is 12.2. The van der Waals surface area contributed by atoms with Gasteiger partial charge in [0.1, 0.15) is 11.5 Å². The SMILES string of the molecule is CNCCC(=O)Nc1ccc(Oc2cccnc2)c(C)c1. The first-order valence-electron chi connectivity index (χ1n) is 6.82. The van der Waals surface area contributed by atoms with Crippen LogP contribution in [0.5, 0.6) is 11.5 Å². The van der Waals surface area contributed by atoms with E-state index in [1.54, 1.807) is 12.4 Å². The van der Waals surface area contributed by atoms with Crippen molar-refractivity contribution >= 4 is 11.6 Å². The topological polar surface area (TPSA) is 63.2 Å². The summed E-state index contributed by atoms with van der Waals surface area (Å²) in [7, 11) is 1.82. The molecular formula is C16H19N3O2. The van der Waals surface area contributed by atoms with E-state index in [0.29, 0.717) is 18.7 Å². The van der Waals surface area contributed by atoms with Crippen LogP contribution in [0.2, 0.25) is 0 Å². The molecule has 2 rings (SSSR count). The zero-order chi connectivity index (χ0) is 15.1. The standard InChI is InChI=1S/C16H19N3O2/c1-12-10-13(19-16(20)7-9-17-2)5-6-15(12)21-14-4-3-8-18-11-14/h3-6,8,10-11,17H,7,9H2,1-2H3,(H,19,20). The number of anilines is 1. The second kappa shape index (κ2) is 7.40. The highest BCUT2D eigenvalue weighted by Gasteiger charge is 2.05. The van der Waals surface area contributed by atoms with Crippen LogP contribution in [0.15, 0.2) is 42.7 Å². The number of amides is 1. The molecule has 0 fully saturated rings. The number of pyridine rings is 1. The van der Waals surface area contributed by atoms with Gasteiger partial charge in [0, 0.05) is 24.8 Å². The average molecular weight is 285 g/mol. The molecule has 0 aliphatic heterocycles. The molecule has 0 radical (unpaired) electrons. The molecule has 5 nitrogen and oxygen atoms in total. The van der Waals surface area contributed by atoms with Crippen LogP contribution in [0, 0.1) is 6.92 Å². The van der Waals surface area contributed by atoms with Crippen LogP contribution in [0.25, 0.3) is 0 Å². The van der Waals surface area contributed by atoms with Crippen molar-refractivity contribution in [2.45, 2.75) is 13.3 Å². The van der Waals surface area contributed by atoms with Gasteiger partial charge >= 0.3 is 0 Å². The quantitative estimate of drug-likeness (QED) is 0.856. The molecule has 1 heterocycles. The van der Waals surface area contributed by atoms with E-state index in [1.165, 1.54) is 0 Å². The Kier molecular flexibility index (Phi) is 5.29. The Morgan fingerprint density at radius 2 is 2.19 bits per heavy atom. The predicted octanol–water partition coefficient (Wildman–Crippen LogP) is 2.73. The van der Waals surface area contributed by atoms with Crippen molar-refractivity contribution < 1.29 is 9.53 Å². The number of carbonyl (C=O) groups is 1. The normalized spacial score (nSPS) is 10.2. The summed E-state index contributed by atoms with van der Waals surface area (Å²) in [6.45, 7) is 2.60. The lowest BCUT2D eigenvalue weighted by Crippen LogP contribution is -2.18. The van der Waals surface area contributed by atoms with E-state index in [9.17, 15) is 4.79 Å². The molecule has 0 aliphatic carbocycles. The molecule has 0 aliphatic rings. The van der Waals surface area contributed by atoms with E-state index >= 15 is 0 Å². The van der Waals surface area contributed by atoms with Gasteiger partial charge in [-0.25, -0.2) is 0 Å². The molecule has 5 heteroatoms. The molecule has 1 amide bonds. The smallest absolute Gasteiger partial charge is 0.225 e. The van der Waals surface area contributed by atoms with E-state index in [-0.39, 0.29) is 5.91 Å². The van der Waals surface area contributed by atoms with Gasteiger partial charge < -0.3 is 15.4 Å². The van der Waals surface area contributed by atoms with Crippen LogP contribution >= 0.6 is 0 Å². The van der Waals surface area contributed by atoms with Crippen LogP contribution in [0.4, 0.5) is 5.69 Å². The molecule has 0 atom stereocenters. The van der Waals surface area contributed by atoms with Crippen molar-refractivity contribution in [3.8, 4) is 11.5 Å². The summed E-state index contributed by atoms with van der Waals surface area (Å²) >= 11 is 0. The first kappa shape index (κ1) is 15.0. The monoisotopic (exact) mass is 285 g/mol. The minimum atomic E-state index is -0.00956. The lowest BCUT2D eigenvalue weighted by atomic mass is 10.2. The Morgan fingerprint density at radius 3 is 2.86 bits per heavy atom. The first-order valence-corrected chi connectivity index (χ1v) is 6.82. The molecule has 0 saturated carbocycles. The molecular weight excluding hydrogens is 266 g/mol. The van der Waals surface area contributed by atoms with Gasteiger partial charge in [-0.1, -0.05) is 0 Å². The number of rotatable bonds is 6. The minimum absolute atomic E-state index is 0.00956. The molecule has 1 aromatic carbocycles. The summed E-state index contributed by atoms with van der Waals surface area (Å²) in [6.07, 6.45) is 3.81. The number of aryl methyl sites for hydroxylation is 1. The van der Waals surface area contributed by atoms with E-state index in [1.807, 2.05) is 44.3 Å². The highest BCUT2D eigenvalue weighted by atomic mass is 16.5. The molecule has 2 aromatic rings. The van der Waals surface area contributed by atoms with Gasteiger partial charge in [-0.15, -0.1) is 0 Å². The van der Waals surface area contributed by atoms with Crippen LogP contribution in [-0.4, -0.2) is 24.5 Å². The molecule has 1 aromatic heterocycles. The van der Waals surface area contributed by atoms with E-state index < -0.39 is 0 Å². The second-order valence-electron chi connectivity index (χ2n) is 4.67. The fourth-order valence-corrected chi connectivity index (χ4v) is 1.84. The molecule has 110 valence electrons. The third-order valence-corrected chi connectivity index (χ3v) is 2.92. The molecule has 2 N–H and O–H groups in total. The van der Waals surface area contributed by atoms with Crippen LogP contribution in [0.1, 0.15) is 12.0 Å². The van der Waals surface area contributed by atoms with Crippen LogP contribution in [-0.2, 0) is 4.79 Å². The van der Waals surface area contributed by atoms with E-state index in [2.05, 4.69) is 15.6 Å². The van der Waals surface area contributed by atoms with Crippen molar-refractivity contribution in [1.82, 2.24) is 10.3 Å². The van der Waals surface area contributed by atoms with Gasteiger partial charge in [0.15, 0.2) is 0 Å². The lowest BCUT2D eigenvalue weighted by Gasteiger charge is -2.11. The summed E-state index contributed by atoms with van der Waals surface area (Å²) in [6, 6.07) is 9.23. The Balaban J connectivity index is 2.02. The van der Waals surface area contributed by atoms with Gasteiger partial charge in [0.2, 0.25) is 5.91 Å². The highest BCUT2D eigenvalue weighted by Crippen LogP contribution is 2.26. The Morgan fingerprint density at radius 1 is 1.33 bits per heavy atom. The fraction of sp³-hybridized carbons (Fsp3) is 0.250. The summed E-state index contributed by atoms with van der Waals surface area (Å²) in [5.74, 6) is 1.42. The Labute approximate surface area is 124 Å². The number of hydrogen-bond donors (Lipinski definition) is 2. The third-order valence-electron chi connectivity index (χ3n) is 2.92. The maximum Gasteiger partial charge on any atom is 0.225 e. The number of aromatic nitrogens is 1. The van der Waals surface area contributed by atoms with Gasteiger partial charge in [-0.3, -0.25) is 9.78 Å². The summed E-state index contributed by atoms with van der Waals surface area (Å²) in [4.78, 5) is 15.7. The van der Waals surface area contributed by atoms with Gasteiger partial charge in [0.25, 0.3) is 0 Å². The summed E-state index contributed by atoms with van der Waals surface area (Å²) in [5, 5.41) is 5.81. The summed E-state index contributed by atoms with van der Waals surface area (Å²) < 4.78 is 5.75. The lowest BCUT2D eigenvalue weighted by molar-refractivity contribution is -0.116. The van der Waals surface area contributed by atoms with Gasteiger partial charge in [-0.2, -0.15) is 0 Å². The van der Waals surface area contributed by atoms with Crippen LogP contribution in [0.3, 0.4) is 0 Å².